The molecule has 0 fully saturated rings. The van der Waals surface area contributed by atoms with Gasteiger partial charge in [-0.25, -0.2) is 0 Å². The van der Waals surface area contributed by atoms with E-state index in [0.717, 1.165) is 17.0 Å². The second-order valence-electron chi connectivity index (χ2n) is 4.55. The van der Waals surface area contributed by atoms with Crippen LogP contribution in [0.15, 0.2) is 54.6 Å². The first-order chi connectivity index (χ1) is 10.2. The van der Waals surface area contributed by atoms with Crippen LogP contribution in [0.3, 0.4) is 0 Å². The summed E-state index contributed by atoms with van der Waals surface area (Å²) in [4.78, 5) is 14.3. The van der Waals surface area contributed by atoms with E-state index in [4.69, 9.17) is 16.3 Å². The predicted molar refractivity (Wildman–Crippen MR) is 86.1 cm³/mol. The van der Waals surface area contributed by atoms with Crippen molar-refractivity contribution >= 4 is 23.2 Å². The molecule has 0 bridgehead atoms. The molecule has 1 atom stereocenters. The molecule has 0 radical (unpaired) electrons. The van der Waals surface area contributed by atoms with Crippen molar-refractivity contribution in [2.45, 2.75) is 12.3 Å². The van der Waals surface area contributed by atoms with Crippen LogP contribution in [0.4, 0.5) is 5.69 Å². The molecular formula is C17H18ClNO2. The number of nitrogens with zero attached hydrogens (tertiary/aromatic N) is 1. The lowest BCUT2D eigenvalue weighted by molar-refractivity contribution is -0.118. The van der Waals surface area contributed by atoms with Gasteiger partial charge in [-0.05, 0) is 36.8 Å². The molecule has 1 unspecified atom stereocenters. The van der Waals surface area contributed by atoms with Gasteiger partial charge in [-0.3, -0.25) is 4.79 Å². The molecule has 21 heavy (non-hydrogen) atoms. The van der Waals surface area contributed by atoms with E-state index in [1.54, 1.807) is 24.1 Å². The first-order valence-corrected chi connectivity index (χ1v) is 7.25. The fraction of sp³-hybridized carbons (Fsp3) is 0.235. The van der Waals surface area contributed by atoms with Crippen LogP contribution in [0.25, 0.3) is 0 Å². The largest absolute Gasteiger partial charge is 0.497 e. The molecule has 0 aromatic heterocycles. The van der Waals surface area contributed by atoms with Crippen LogP contribution >= 0.6 is 11.6 Å². The van der Waals surface area contributed by atoms with Crippen molar-refractivity contribution in [2.24, 2.45) is 0 Å². The summed E-state index contributed by atoms with van der Waals surface area (Å²) >= 11 is 6.34. The number of halogens is 1. The molecule has 2 aromatic carbocycles. The Kier molecular flexibility index (Phi) is 5.23. The van der Waals surface area contributed by atoms with Gasteiger partial charge in [0, 0.05) is 12.2 Å². The number of carbonyl (C=O) groups excluding carboxylic acids is 1. The number of benzene rings is 2. The number of carbonyl (C=O) groups is 1. The highest BCUT2D eigenvalue weighted by molar-refractivity contribution is 6.32. The van der Waals surface area contributed by atoms with E-state index in [0.29, 0.717) is 6.54 Å². The van der Waals surface area contributed by atoms with Gasteiger partial charge in [-0.1, -0.05) is 30.3 Å². The topological polar surface area (TPSA) is 29.5 Å². The number of ether oxygens (including phenoxy) is 1. The highest BCUT2D eigenvalue weighted by atomic mass is 35.5. The van der Waals surface area contributed by atoms with Crippen molar-refractivity contribution in [2.75, 3.05) is 18.6 Å². The summed E-state index contributed by atoms with van der Waals surface area (Å²) in [6.07, 6.45) is 0. The second-order valence-corrected chi connectivity index (χ2v) is 4.99. The fourth-order valence-corrected chi connectivity index (χ4v) is 2.39. The molecule has 0 aliphatic carbocycles. The molecule has 0 spiro atoms. The highest BCUT2D eigenvalue weighted by Gasteiger charge is 2.24. The van der Waals surface area contributed by atoms with Crippen LogP contribution in [0.2, 0.25) is 0 Å². The molecule has 0 aliphatic rings. The van der Waals surface area contributed by atoms with E-state index in [2.05, 4.69) is 0 Å². The molecule has 4 heteroatoms. The Balaban J connectivity index is 2.20. The van der Waals surface area contributed by atoms with Gasteiger partial charge in [0.05, 0.1) is 7.11 Å². The fourth-order valence-electron chi connectivity index (χ4n) is 2.13. The zero-order valence-corrected chi connectivity index (χ0v) is 12.9. The minimum absolute atomic E-state index is 0.129. The van der Waals surface area contributed by atoms with Crippen molar-refractivity contribution in [1.82, 2.24) is 0 Å². The van der Waals surface area contributed by atoms with Crippen LogP contribution in [0.5, 0.6) is 5.75 Å². The Morgan fingerprint density at radius 1 is 1.14 bits per heavy atom. The number of hydrogen-bond acceptors (Lipinski definition) is 2. The van der Waals surface area contributed by atoms with Gasteiger partial charge in [-0.2, -0.15) is 0 Å². The van der Waals surface area contributed by atoms with Gasteiger partial charge in [-0.15, -0.1) is 11.6 Å². The van der Waals surface area contributed by atoms with Crippen molar-refractivity contribution in [3.63, 3.8) is 0 Å². The second kappa shape index (κ2) is 7.14. The van der Waals surface area contributed by atoms with Gasteiger partial charge in [0.2, 0.25) is 5.91 Å². The molecule has 3 nitrogen and oxygen atoms in total. The van der Waals surface area contributed by atoms with E-state index in [1.807, 2.05) is 49.4 Å². The number of hydrogen-bond donors (Lipinski definition) is 0. The quantitative estimate of drug-likeness (QED) is 0.781. The normalized spacial score (nSPS) is 11.8. The van der Waals surface area contributed by atoms with Crippen LogP contribution < -0.4 is 9.64 Å². The van der Waals surface area contributed by atoms with Gasteiger partial charge in [0.15, 0.2) is 0 Å². The molecule has 0 aliphatic heterocycles. The Hall–Kier alpha value is -2.00. The van der Waals surface area contributed by atoms with Crippen molar-refractivity contribution < 1.29 is 9.53 Å². The van der Waals surface area contributed by atoms with Crippen LogP contribution in [-0.2, 0) is 4.79 Å². The summed E-state index contributed by atoms with van der Waals surface area (Å²) in [7, 11) is 1.60. The van der Waals surface area contributed by atoms with Gasteiger partial charge >= 0.3 is 0 Å². The molecule has 2 rings (SSSR count). The van der Waals surface area contributed by atoms with E-state index in [1.165, 1.54) is 0 Å². The average molecular weight is 304 g/mol. The average Bonchev–Trinajstić information content (AvgIpc) is 2.56. The van der Waals surface area contributed by atoms with E-state index < -0.39 is 5.38 Å². The summed E-state index contributed by atoms with van der Waals surface area (Å²) < 4.78 is 5.11. The Morgan fingerprint density at radius 2 is 1.76 bits per heavy atom. The summed E-state index contributed by atoms with van der Waals surface area (Å²) in [5.41, 5.74) is 1.61. The molecule has 110 valence electrons. The molecule has 0 N–H and O–H groups in total. The number of alkyl halides is 1. The zero-order chi connectivity index (χ0) is 15.2. The highest BCUT2D eigenvalue weighted by Crippen LogP contribution is 2.27. The smallest absolute Gasteiger partial charge is 0.249 e. The summed E-state index contributed by atoms with van der Waals surface area (Å²) in [5.74, 6) is 0.612. The first kappa shape index (κ1) is 15.4. The minimum Gasteiger partial charge on any atom is -0.497 e. The SMILES string of the molecule is CCN(C(=O)C(Cl)c1ccc(OC)cc1)c1ccccc1. The van der Waals surface area contributed by atoms with E-state index in [-0.39, 0.29) is 5.91 Å². The standard InChI is InChI=1S/C17H18ClNO2/c1-3-19(14-7-5-4-6-8-14)17(20)16(18)13-9-11-15(21-2)12-10-13/h4-12,16H,3H2,1-2H3. The third-order valence-corrected chi connectivity index (χ3v) is 3.71. The molecule has 0 saturated carbocycles. The summed E-state index contributed by atoms with van der Waals surface area (Å²) in [5, 5.41) is -0.712. The van der Waals surface area contributed by atoms with Crippen molar-refractivity contribution in [3.8, 4) is 5.75 Å². The Labute approximate surface area is 130 Å². The van der Waals surface area contributed by atoms with Gasteiger partial charge in [0.25, 0.3) is 0 Å². The lowest BCUT2D eigenvalue weighted by Crippen LogP contribution is -2.33. The van der Waals surface area contributed by atoms with Crippen molar-refractivity contribution in [3.05, 3.63) is 60.2 Å². The van der Waals surface area contributed by atoms with Crippen molar-refractivity contribution in [1.29, 1.82) is 0 Å². The Bertz CT molecular complexity index is 583. The predicted octanol–water partition coefficient (Wildman–Crippen LogP) is 4.03. The lowest BCUT2D eigenvalue weighted by Gasteiger charge is -2.23. The number of amides is 1. The third kappa shape index (κ3) is 3.56. The maximum absolute atomic E-state index is 12.6. The number of rotatable bonds is 5. The Morgan fingerprint density at radius 3 is 2.29 bits per heavy atom. The monoisotopic (exact) mass is 303 g/mol. The zero-order valence-electron chi connectivity index (χ0n) is 12.1. The minimum atomic E-state index is -0.712. The van der Waals surface area contributed by atoms with Crippen LogP contribution in [0.1, 0.15) is 17.9 Å². The van der Waals surface area contributed by atoms with Gasteiger partial charge < -0.3 is 9.64 Å². The maximum atomic E-state index is 12.6. The molecule has 1 amide bonds. The number of methoxy groups -OCH3 is 1. The molecule has 2 aromatic rings. The maximum Gasteiger partial charge on any atom is 0.249 e. The van der Waals surface area contributed by atoms with Gasteiger partial charge in [0.1, 0.15) is 11.1 Å². The number of anilines is 1. The van der Waals surface area contributed by atoms with Crippen LogP contribution in [-0.4, -0.2) is 19.6 Å². The molecule has 0 heterocycles. The van der Waals surface area contributed by atoms with E-state index in [9.17, 15) is 4.79 Å². The summed E-state index contributed by atoms with van der Waals surface area (Å²) in [6, 6.07) is 16.8. The molecule has 0 saturated heterocycles. The van der Waals surface area contributed by atoms with E-state index >= 15 is 0 Å². The lowest BCUT2D eigenvalue weighted by atomic mass is 10.1. The number of likely N-dealkylation sites (N-methyl/N-ethyl adjacent to an activating group) is 1. The third-order valence-electron chi connectivity index (χ3n) is 3.28. The first-order valence-electron chi connectivity index (χ1n) is 6.81. The van der Waals surface area contributed by atoms with Crippen LogP contribution in [0, 0.1) is 0 Å². The summed E-state index contributed by atoms with van der Waals surface area (Å²) in [6.45, 7) is 2.50. The number of para-hydroxylation sites is 1. The molecular weight excluding hydrogens is 286 g/mol.